The van der Waals surface area contributed by atoms with E-state index in [4.69, 9.17) is 11.3 Å². The highest BCUT2D eigenvalue weighted by Crippen LogP contribution is 2.55. The minimum atomic E-state index is -0.665. The average Bonchev–Trinajstić information content (AvgIpc) is 0.862. The van der Waals surface area contributed by atoms with Gasteiger partial charge in [-0.15, -0.1) is 0 Å². The van der Waals surface area contributed by atoms with Gasteiger partial charge in [0.25, 0.3) is 6.71 Å². The van der Waals surface area contributed by atoms with E-state index >= 15 is 0 Å². The molecule has 5 heteroatoms. The lowest BCUT2D eigenvalue weighted by Crippen LogP contribution is -2.61. The van der Waals surface area contributed by atoms with Crippen LogP contribution in [0.25, 0.3) is 93.9 Å². The molecular weight excluding hydrogens is 1080 g/mol. The van der Waals surface area contributed by atoms with Gasteiger partial charge in [-0.25, -0.2) is 0 Å². The Hall–Kier alpha value is -10.1. The van der Waals surface area contributed by atoms with Gasteiger partial charge < -0.3 is 18.8 Å². The van der Waals surface area contributed by atoms with Crippen LogP contribution in [-0.4, -0.2) is 11.3 Å². The van der Waals surface area contributed by atoms with Crippen molar-refractivity contribution >= 4 is 101 Å². The average molecular weight is 1160 g/mol. The molecule has 0 N–H and O–H groups in total. The number of hydrogen-bond donors (Lipinski definition) is 0. The molecule has 0 saturated carbocycles. The summed E-state index contributed by atoms with van der Waals surface area (Å²) in [6, 6.07) is 56.5. The molecule has 14 aromatic rings. The molecule has 2 aromatic heterocycles. The SMILES string of the molecule is [2H]c1c([2H])c([2H])c(-c2ccc3c(c2)N(c2c(-c4ccc(C(C)(C)C)cc4)ccc4oc5ccccc5c24)c2cc(C(C)(C)C)cc4c2B3c2ccc(-n3c5c([2H])c([2H])c([2H])c([2H])c5c5c([2H])c([2H])c([2H])c([2H])c53)cc2N4c2c(-c3ccccc3)cc(C(C)(C)C)cc2-c2ccccc2)c([2H])c1[2H]. The lowest BCUT2D eigenvalue weighted by atomic mass is 9.33. The topological polar surface area (TPSA) is 24.6 Å². The lowest BCUT2D eigenvalue weighted by Gasteiger charge is -2.46. The number of anilines is 6. The molecule has 12 aromatic carbocycles. The van der Waals surface area contributed by atoms with E-state index in [-0.39, 0.29) is 50.3 Å². The molecule has 0 unspecified atom stereocenters. The largest absolute Gasteiger partial charge is 0.456 e. The van der Waals surface area contributed by atoms with Gasteiger partial charge in [0.15, 0.2) is 0 Å². The molecule has 0 spiro atoms. The normalized spacial score (nSPS) is 15.2. The maximum Gasteiger partial charge on any atom is 0.252 e. The van der Waals surface area contributed by atoms with E-state index in [1.807, 2.05) is 97.1 Å². The number of hydrogen-bond acceptors (Lipinski definition) is 3. The number of furan rings is 1. The predicted octanol–water partition coefficient (Wildman–Crippen LogP) is 21.3. The second-order valence-electron chi connectivity index (χ2n) is 26.7. The van der Waals surface area contributed by atoms with Gasteiger partial charge in [0, 0.05) is 61.3 Å². The van der Waals surface area contributed by atoms with Gasteiger partial charge >= 0.3 is 0 Å². The van der Waals surface area contributed by atoms with Gasteiger partial charge in [-0.05, 0) is 150 Å². The zero-order valence-corrected chi connectivity index (χ0v) is 51.1. The van der Waals surface area contributed by atoms with Crippen molar-refractivity contribution in [2.75, 3.05) is 9.80 Å². The third kappa shape index (κ3) is 8.80. The Morgan fingerprint density at radius 1 is 0.360 bits per heavy atom. The van der Waals surface area contributed by atoms with Crippen LogP contribution >= 0.6 is 0 Å². The Morgan fingerprint density at radius 3 is 1.47 bits per heavy atom. The fourth-order valence-corrected chi connectivity index (χ4v) is 13.7. The maximum atomic E-state index is 9.74. The smallest absolute Gasteiger partial charge is 0.252 e. The fraction of sp³-hybridized carbons (Fsp3) is 0.143. The first-order valence-electron chi connectivity index (χ1n) is 37.0. The molecule has 89 heavy (non-hydrogen) atoms. The molecule has 0 bridgehead atoms. The molecule has 4 nitrogen and oxygen atoms in total. The minimum absolute atomic E-state index is 0.0175. The van der Waals surface area contributed by atoms with Gasteiger partial charge in [0.1, 0.15) is 11.2 Å². The van der Waals surface area contributed by atoms with Gasteiger partial charge in [-0.2, -0.15) is 0 Å². The second-order valence-corrected chi connectivity index (χ2v) is 26.7. The zero-order valence-electron chi connectivity index (χ0n) is 64.1. The van der Waals surface area contributed by atoms with Crippen molar-refractivity contribution in [2.24, 2.45) is 0 Å². The van der Waals surface area contributed by atoms with Crippen LogP contribution < -0.4 is 26.2 Å². The van der Waals surface area contributed by atoms with Crippen molar-refractivity contribution < 1.29 is 22.2 Å². The Kier molecular flexibility index (Phi) is 9.53. The number of aromatic nitrogens is 1. The first-order valence-corrected chi connectivity index (χ1v) is 30.5. The summed E-state index contributed by atoms with van der Waals surface area (Å²) in [5.74, 6) is 0. The van der Waals surface area contributed by atoms with Crippen molar-refractivity contribution in [3.8, 4) is 50.2 Å². The van der Waals surface area contributed by atoms with E-state index < -0.39 is 78.6 Å². The van der Waals surface area contributed by atoms with Crippen LogP contribution in [0.3, 0.4) is 0 Å². The summed E-state index contributed by atoms with van der Waals surface area (Å²) in [5, 5.41) is 1.60. The number of fused-ring (bicyclic) bond motifs is 10. The summed E-state index contributed by atoms with van der Waals surface area (Å²) in [4.78, 5) is 4.67. The van der Waals surface area contributed by atoms with Crippen molar-refractivity contribution in [3.63, 3.8) is 0 Å². The van der Waals surface area contributed by atoms with Crippen LogP contribution in [0.5, 0.6) is 0 Å². The molecular formula is C84H70BN3O. The fourth-order valence-electron chi connectivity index (χ4n) is 13.7. The summed E-state index contributed by atoms with van der Waals surface area (Å²) in [6.45, 7) is 19.1. The molecule has 0 atom stereocenters. The Labute approximate surface area is 541 Å². The van der Waals surface area contributed by atoms with Crippen LogP contribution in [0.4, 0.5) is 34.1 Å². The molecule has 2 aliphatic heterocycles. The van der Waals surface area contributed by atoms with E-state index in [1.165, 1.54) is 0 Å². The quantitative estimate of drug-likeness (QED) is 0.149. The Bertz CT molecular complexity index is 5780. The van der Waals surface area contributed by atoms with Crippen LogP contribution in [0.2, 0.25) is 0 Å². The molecule has 0 fully saturated rings. The summed E-state index contributed by atoms with van der Waals surface area (Å²) < 4.78 is 129. The maximum absolute atomic E-state index is 9.74. The van der Waals surface area contributed by atoms with Gasteiger partial charge in [0.2, 0.25) is 0 Å². The monoisotopic (exact) mass is 1160 g/mol. The molecule has 430 valence electrons. The van der Waals surface area contributed by atoms with Crippen molar-refractivity contribution in [2.45, 2.75) is 78.6 Å². The number of rotatable bonds is 7. The second kappa shape index (κ2) is 20.2. The van der Waals surface area contributed by atoms with Crippen molar-refractivity contribution in [1.82, 2.24) is 4.57 Å². The van der Waals surface area contributed by atoms with Gasteiger partial charge in [-0.1, -0.05) is 250 Å². The first kappa shape index (κ1) is 41.9. The minimum Gasteiger partial charge on any atom is -0.456 e. The van der Waals surface area contributed by atoms with Crippen LogP contribution in [0.15, 0.2) is 265 Å². The van der Waals surface area contributed by atoms with E-state index in [9.17, 15) is 11.0 Å². The van der Waals surface area contributed by atoms with E-state index in [0.29, 0.717) is 33.8 Å². The standard InChI is InChI=1S/C84H70BN3O/c1-82(2,3)58-40-37-56(38-41-58)62-43-46-77-78(65-33-21-24-36-76(65)89-77)81(62)88-72-47-57(53-25-13-10-14-26-53)39-44-68(72)85-69-45-42-61(86-70-34-22-19-31-63(70)64-32-20-23-35-71(64)86)52-73(69)87(74-50-60(84(7,8)9)51-75(88)79(74)85)80-66(54-27-15-11-16-28-54)48-59(83(4,5)6)49-67(80)55-29-17-12-18-30-55/h10-52H,1-9H3/i10D,13D,14D,19D,20D,22D,23D,25D,26D,31D,32D,34D,35D. The van der Waals surface area contributed by atoms with Gasteiger partial charge in [-0.3, -0.25) is 0 Å². The highest BCUT2D eigenvalue weighted by molar-refractivity contribution is 7.00. The van der Waals surface area contributed by atoms with Crippen molar-refractivity contribution in [1.29, 1.82) is 0 Å². The highest BCUT2D eigenvalue weighted by Gasteiger charge is 2.46. The molecule has 2 aliphatic rings. The lowest BCUT2D eigenvalue weighted by molar-refractivity contribution is 0.590. The molecule has 4 heterocycles. The van der Waals surface area contributed by atoms with E-state index in [0.717, 1.165) is 100.0 Å². The first-order chi connectivity index (χ1) is 48.5. The Balaban J connectivity index is 1.13. The number of benzene rings is 12. The van der Waals surface area contributed by atoms with Crippen LogP contribution in [0, 0.1) is 0 Å². The summed E-state index contributed by atoms with van der Waals surface area (Å²) in [6.07, 6.45) is 0. The third-order valence-electron chi connectivity index (χ3n) is 18.2. The molecule has 16 rings (SSSR count). The summed E-state index contributed by atoms with van der Waals surface area (Å²) in [5.41, 5.74) is 16.5. The van der Waals surface area contributed by atoms with Crippen LogP contribution in [-0.2, 0) is 16.2 Å². The third-order valence-corrected chi connectivity index (χ3v) is 18.2. The Morgan fingerprint density at radius 2 is 0.865 bits per heavy atom. The van der Waals surface area contributed by atoms with E-state index in [1.54, 1.807) is 4.57 Å². The number of para-hydroxylation sites is 3. The van der Waals surface area contributed by atoms with Crippen LogP contribution in [0.1, 0.15) is 96.8 Å². The van der Waals surface area contributed by atoms with E-state index in [2.05, 4.69) is 157 Å². The summed E-state index contributed by atoms with van der Waals surface area (Å²) >= 11 is 0. The molecule has 0 aliphatic carbocycles. The molecule has 0 saturated heterocycles. The van der Waals surface area contributed by atoms with Gasteiger partial charge in [0.05, 0.1) is 45.6 Å². The number of nitrogens with zero attached hydrogens (tertiary/aromatic N) is 3. The zero-order chi connectivity index (χ0) is 72.0. The summed E-state index contributed by atoms with van der Waals surface area (Å²) in [7, 11) is 0. The van der Waals surface area contributed by atoms with Crippen molar-refractivity contribution in [3.05, 3.63) is 277 Å². The molecule has 0 amide bonds. The molecule has 0 radical (unpaired) electrons. The highest BCUT2D eigenvalue weighted by atomic mass is 16.3. The predicted molar refractivity (Wildman–Crippen MR) is 380 cm³/mol.